The van der Waals surface area contributed by atoms with Crippen LogP contribution in [0.15, 0.2) is 59.5 Å². The molecule has 0 saturated heterocycles. The van der Waals surface area contributed by atoms with Gasteiger partial charge in [-0.15, -0.1) is 11.8 Å². The first kappa shape index (κ1) is 20.1. The Kier molecular flexibility index (Phi) is 7.30. The smallest absolute Gasteiger partial charge is 0.244 e. The number of carbonyl (C=O) groups excluding carboxylic acids is 1. The van der Waals surface area contributed by atoms with E-state index in [4.69, 9.17) is 4.74 Å². The zero-order chi connectivity index (χ0) is 19.0. The Morgan fingerprint density at radius 2 is 1.85 bits per heavy atom. The van der Waals surface area contributed by atoms with Crippen molar-refractivity contribution in [3.63, 3.8) is 0 Å². The van der Waals surface area contributed by atoms with Crippen LogP contribution < -0.4 is 10.1 Å². The molecule has 0 aliphatic carbocycles. The van der Waals surface area contributed by atoms with E-state index >= 15 is 0 Å². The van der Waals surface area contributed by atoms with E-state index in [0.717, 1.165) is 16.9 Å². The number of carbonyl (C=O) groups is 1. The topological polar surface area (TPSA) is 58.6 Å². The van der Waals surface area contributed by atoms with E-state index in [1.54, 1.807) is 31.9 Å². The van der Waals surface area contributed by atoms with E-state index in [0.29, 0.717) is 6.42 Å². The first-order valence-corrected chi connectivity index (χ1v) is 9.59. The molecule has 5 heteroatoms. The van der Waals surface area contributed by atoms with Gasteiger partial charge in [0.15, 0.2) is 0 Å². The number of amides is 1. The minimum Gasteiger partial charge on any atom is -0.497 e. The van der Waals surface area contributed by atoms with Gasteiger partial charge in [-0.1, -0.05) is 24.3 Å². The molecule has 26 heavy (non-hydrogen) atoms. The summed E-state index contributed by atoms with van der Waals surface area (Å²) in [6.07, 6.45) is 5.71. The summed E-state index contributed by atoms with van der Waals surface area (Å²) in [6, 6.07) is 15.5. The Hall–Kier alpha value is -2.24. The predicted octanol–water partition coefficient (Wildman–Crippen LogP) is 3.54. The molecule has 0 aliphatic rings. The highest BCUT2D eigenvalue weighted by Crippen LogP contribution is 2.17. The lowest BCUT2D eigenvalue weighted by Crippen LogP contribution is -2.41. The average Bonchev–Trinajstić information content (AvgIpc) is 2.65. The second kappa shape index (κ2) is 9.46. The van der Waals surface area contributed by atoms with E-state index in [-0.39, 0.29) is 12.5 Å². The lowest BCUT2D eigenvalue weighted by molar-refractivity contribution is -0.117. The summed E-state index contributed by atoms with van der Waals surface area (Å²) >= 11 is 1.68. The number of thioether (sulfide) groups is 1. The third-order valence-electron chi connectivity index (χ3n) is 3.93. The van der Waals surface area contributed by atoms with Crippen molar-refractivity contribution in [2.75, 3.05) is 19.9 Å². The third-order valence-corrected chi connectivity index (χ3v) is 4.67. The van der Waals surface area contributed by atoms with Crippen molar-refractivity contribution in [3.8, 4) is 5.75 Å². The first-order valence-electron chi connectivity index (χ1n) is 8.37. The van der Waals surface area contributed by atoms with Gasteiger partial charge >= 0.3 is 0 Å². The number of rotatable bonds is 8. The normalized spacial score (nSPS) is 13.4. The Morgan fingerprint density at radius 1 is 1.19 bits per heavy atom. The minimum absolute atomic E-state index is 0.174. The first-order chi connectivity index (χ1) is 12.4. The molecule has 1 amide bonds. The van der Waals surface area contributed by atoms with Gasteiger partial charge in [-0.05, 0) is 54.6 Å². The lowest BCUT2D eigenvalue weighted by atomic mass is 9.96. The zero-order valence-corrected chi connectivity index (χ0v) is 16.2. The van der Waals surface area contributed by atoms with Gasteiger partial charge in [0.05, 0.1) is 12.7 Å². The molecule has 0 radical (unpaired) electrons. The van der Waals surface area contributed by atoms with Crippen molar-refractivity contribution in [1.29, 1.82) is 0 Å². The van der Waals surface area contributed by atoms with Gasteiger partial charge in [0.1, 0.15) is 5.75 Å². The Bertz CT molecular complexity index is 737. The number of methoxy groups -OCH3 is 1. The van der Waals surface area contributed by atoms with Gasteiger partial charge in [-0.3, -0.25) is 4.79 Å². The fraction of sp³-hybridized carbons (Fsp3) is 0.286. The summed E-state index contributed by atoms with van der Waals surface area (Å²) in [4.78, 5) is 13.2. The standard InChI is InChI=1S/C21H25NO3S/c1-21(24,14-17-4-9-18(25-2)10-5-17)15-22-20(23)13-8-16-6-11-19(26-3)12-7-16/h4-13,24H,14-15H2,1-3H3,(H,22,23). The summed E-state index contributed by atoms with van der Waals surface area (Å²) in [5.41, 5.74) is 0.912. The number of hydrogen-bond donors (Lipinski definition) is 2. The lowest BCUT2D eigenvalue weighted by Gasteiger charge is -2.23. The molecule has 2 aromatic rings. The molecule has 138 valence electrons. The maximum absolute atomic E-state index is 12.0. The summed E-state index contributed by atoms with van der Waals surface area (Å²) in [5, 5.41) is 13.3. The minimum atomic E-state index is -1.03. The molecule has 0 saturated carbocycles. The fourth-order valence-electron chi connectivity index (χ4n) is 2.47. The van der Waals surface area contributed by atoms with Gasteiger partial charge < -0.3 is 15.2 Å². The highest BCUT2D eigenvalue weighted by atomic mass is 32.2. The molecule has 0 spiro atoms. The maximum atomic E-state index is 12.0. The van der Waals surface area contributed by atoms with Crippen LogP contribution in [0.4, 0.5) is 0 Å². The number of aliphatic hydroxyl groups is 1. The average molecular weight is 372 g/mol. The molecule has 0 aromatic heterocycles. The SMILES string of the molecule is COc1ccc(CC(C)(O)CNC(=O)C=Cc2ccc(SC)cc2)cc1. The van der Waals surface area contributed by atoms with Crippen LogP contribution in [0.3, 0.4) is 0 Å². The van der Waals surface area contributed by atoms with Crippen LogP contribution in [0.25, 0.3) is 6.08 Å². The van der Waals surface area contributed by atoms with Gasteiger partial charge in [-0.2, -0.15) is 0 Å². The summed E-state index contributed by atoms with van der Waals surface area (Å²) in [7, 11) is 1.62. The van der Waals surface area contributed by atoms with Crippen LogP contribution in [0.5, 0.6) is 5.75 Å². The van der Waals surface area contributed by atoms with Crippen molar-refractivity contribution in [3.05, 3.63) is 65.7 Å². The van der Waals surface area contributed by atoms with E-state index in [1.807, 2.05) is 54.8 Å². The molecule has 1 atom stereocenters. The number of ether oxygens (including phenoxy) is 1. The fourth-order valence-corrected chi connectivity index (χ4v) is 2.88. The monoisotopic (exact) mass is 371 g/mol. The number of nitrogens with one attached hydrogen (secondary N) is 1. The van der Waals surface area contributed by atoms with Crippen LogP contribution in [0.1, 0.15) is 18.1 Å². The van der Waals surface area contributed by atoms with Crippen LogP contribution in [-0.4, -0.2) is 36.5 Å². The largest absolute Gasteiger partial charge is 0.497 e. The highest BCUT2D eigenvalue weighted by Gasteiger charge is 2.21. The van der Waals surface area contributed by atoms with E-state index < -0.39 is 5.60 Å². The molecule has 0 aliphatic heterocycles. The summed E-state index contributed by atoms with van der Waals surface area (Å²) in [5.74, 6) is 0.548. The number of benzene rings is 2. The quantitative estimate of drug-likeness (QED) is 0.550. The molecule has 0 bridgehead atoms. The van der Waals surface area contributed by atoms with Crippen molar-refractivity contribution < 1.29 is 14.6 Å². The third kappa shape index (κ3) is 6.58. The number of hydrogen-bond acceptors (Lipinski definition) is 4. The highest BCUT2D eigenvalue weighted by molar-refractivity contribution is 7.98. The maximum Gasteiger partial charge on any atom is 0.244 e. The Labute approximate surface area is 159 Å². The van der Waals surface area contributed by atoms with Crippen molar-refractivity contribution >= 4 is 23.7 Å². The molecule has 2 N–H and O–H groups in total. The molecule has 0 heterocycles. The van der Waals surface area contributed by atoms with Crippen molar-refractivity contribution in [1.82, 2.24) is 5.32 Å². The molecular formula is C21H25NO3S. The Morgan fingerprint density at radius 3 is 2.42 bits per heavy atom. The van der Waals surface area contributed by atoms with Crippen molar-refractivity contribution in [2.24, 2.45) is 0 Å². The summed E-state index contributed by atoms with van der Waals surface area (Å²) < 4.78 is 5.13. The molecule has 2 rings (SSSR count). The van der Waals surface area contributed by atoms with Crippen LogP contribution >= 0.6 is 11.8 Å². The molecular weight excluding hydrogens is 346 g/mol. The Balaban J connectivity index is 1.84. The molecule has 2 aromatic carbocycles. The van der Waals surface area contributed by atoms with Gasteiger partial charge in [0, 0.05) is 23.9 Å². The van der Waals surface area contributed by atoms with E-state index in [2.05, 4.69) is 5.32 Å². The molecule has 1 unspecified atom stereocenters. The molecule has 4 nitrogen and oxygen atoms in total. The van der Waals surface area contributed by atoms with Crippen molar-refractivity contribution in [2.45, 2.75) is 23.8 Å². The van der Waals surface area contributed by atoms with E-state index in [1.165, 1.54) is 11.0 Å². The predicted molar refractivity (Wildman–Crippen MR) is 108 cm³/mol. The second-order valence-corrected chi connectivity index (χ2v) is 7.23. The van der Waals surface area contributed by atoms with Crippen LogP contribution in [-0.2, 0) is 11.2 Å². The van der Waals surface area contributed by atoms with Gasteiger partial charge in [-0.25, -0.2) is 0 Å². The van der Waals surface area contributed by atoms with Gasteiger partial charge in [0.2, 0.25) is 5.91 Å². The van der Waals surface area contributed by atoms with Crippen LogP contribution in [0.2, 0.25) is 0 Å². The summed E-state index contributed by atoms with van der Waals surface area (Å²) in [6.45, 7) is 1.88. The second-order valence-electron chi connectivity index (χ2n) is 6.35. The molecule has 0 fully saturated rings. The zero-order valence-electron chi connectivity index (χ0n) is 15.4. The van der Waals surface area contributed by atoms with E-state index in [9.17, 15) is 9.90 Å². The van der Waals surface area contributed by atoms with Crippen LogP contribution in [0, 0.1) is 0 Å². The van der Waals surface area contributed by atoms with Gasteiger partial charge in [0.25, 0.3) is 0 Å².